The SMILES string of the molecule is O=C(CCNS(=O)(=O)c1ccccc1)NC1(C(=O)O)CCSCC1. The smallest absolute Gasteiger partial charge is 0.329 e. The molecule has 2 rings (SSSR count). The fraction of sp³-hybridized carbons (Fsp3) is 0.467. The van der Waals surface area contributed by atoms with Crippen LogP contribution in [0.1, 0.15) is 19.3 Å². The molecule has 1 aliphatic heterocycles. The lowest BCUT2D eigenvalue weighted by Crippen LogP contribution is -2.56. The van der Waals surface area contributed by atoms with Crippen LogP contribution >= 0.6 is 11.8 Å². The molecule has 0 spiro atoms. The Morgan fingerprint density at radius 2 is 1.79 bits per heavy atom. The van der Waals surface area contributed by atoms with Crippen molar-refractivity contribution in [3.05, 3.63) is 30.3 Å². The molecule has 24 heavy (non-hydrogen) atoms. The summed E-state index contributed by atoms with van der Waals surface area (Å²) in [6.45, 7) is -0.0898. The van der Waals surface area contributed by atoms with E-state index in [1.807, 2.05) is 0 Å². The molecule has 9 heteroatoms. The second-order valence-electron chi connectivity index (χ2n) is 5.51. The van der Waals surface area contributed by atoms with E-state index in [0.29, 0.717) is 24.3 Å². The Kier molecular flexibility index (Phi) is 6.25. The van der Waals surface area contributed by atoms with Gasteiger partial charge in [-0.2, -0.15) is 11.8 Å². The Morgan fingerprint density at radius 3 is 2.38 bits per heavy atom. The third-order valence-corrected chi connectivity index (χ3v) is 6.29. The van der Waals surface area contributed by atoms with Gasteiger partial charge >= 0.3 is 5.97 Å². The van der Waals surface area contributed by atoms with Crippen molar-refractivity contribution in [2.24, 2.45) is 0 Å². The van der Waals surface area contributed by atoms with E-state index in [1.165, 1.54) is 12.1 Å². The van der Waals surface area contributed by atoms with Gasteiger partial charge in [-0.15, -0.1) is 0 Å². The minimum atomic E-state index is -3.67. The molecule has 7 nitrogen and oxygen atoms in total. The van der Waals surface area contributed by atoms with Gasteiger partial charge in [-0.3, -0.25) is 4.79 Å². The Hall–Kier alpha value is -1.58. The standard InChI is InChI=1S/C15H20N2O5S2/c18-13(17-15(14(19)20)7-10-23-11-8-15)6-9-16-24(21,22)12-4-2-1-3-5-12/h1-5,16H,6-11H2,(H,17,18)(H,19,20). The third-order valence-electron chi connectivity index (χ3n) is 3.83. The quantitative estimate of drug-likeness (QED) is 0.653. The second kappa shape index (κ2) is 8.00. The number of hydrogen-bond acceptors (Lipinski definition) is 5. The van der Waals surface area contributed by atoms with Crippen molar-refractivity contribution >= 4 is 33.7 Å². The van der Waals surface area contributed by atoms with E-state index in [9.17, 15) is 23.1 Å². The molecule has 3 N–H and O–H groups in total. The highest BCUT2D eigenvalue weighted by molar-refractivity contribution is 7.99. The van der Waals surface area contributed by atoms with Gasteiger partial charge in [0.25, 0.3) is 0 Å². The van der Waals surface area contributed by atoms with Gasteiger partial charge in [0.05, 0.1) is 4.90 Å². The van der Waals surface area contributed by atoms with Crippen LogP contribution in [0.15, 0.2) is 35.2 Å². The lowest BCUT2D eigenvalue weighted by molar-refractivity contribution is -0.148. The van der Waals surface area contributed by atoms with Crippen molar-refractivity contribution in [2.45, 2.75) is 29.7 Å². The number of amides is 1. The molecule has 0 bridgehead atoms. The summed E-state index contributed by atoms with van der Waals surface area (Å²) in [6, 6.07) is 7.85. The molecule has 0 aliphatic carbocycles. The van der Waals surface area contributed by atoms with Crippen molar-refractivity contribution < 1.29 is 23.1 Å². The van der Waals surface area contributed by atoms with Gasteiger partial charge in [0, 0.05) is 13.0 Å². The largest absolute Gasteiger partial charge is 0.480 e. The van der Waals surface area contributed by atoms with Crippen LogP contribution in [0.3, 0.4) is 0 Å². The Bertz CT molecular complexity index is 685. The monoisotopic (exact) mass is 372 g/mol. The first-order chi connectivity index (χ1) is 11.4. The van der Waals surface area contributed by atoms with Crippen molar-refractivity contribution in [2.75, 3.05) is 18.1 Å². The summed E-state index contributed by atoms with van der Waals surface area (Å²) in [6.07, 6.45) is 0.622. The van der Waals surface area contributed by atoms with Crippen molar-refractivity contribution in [1.29, 1.82) is 0 Å². The van der Waals surface area contributed by atoms with Crippen LogP contribution in [0.5, 0.6) is 0 Å². The fourth-order valence-electron chi connectivity index (χ4n) is 2.42. The van der Waals surface area contributed by atoms with E-state index in [1.54, 1.807) is 30.0 Å². The molecule has 1 saturated heterocycles. The number of aliphatic carboxylic acids is 1. The molecule has 0 atom stereocenters. The Balaban J connectivity index is 1.88. The molecule has 0 unspecified atom stereocenters. The minimum absolute atomic E-state index is 0.0898. The molecule has 1 aromatic rings. The van der Waals surface area contributed by atoms with E-state index in [2.05, 4.69) is 10.0 Å². The zero-order chi connectivity index (χ0) is 17.6. The summed E-state index contributed by atoms with van der Waals surface area (Å²) in [7, 11) is -3.67. The molecular weight excluding hydrogens is 352 g/mol. The van der Waals surface area contributed by atoms with E-state index in [-0.39, 0.29) is 17.9 Å². The number of carbonyl (C=O) groups excluding carboxylic acids is 1. The minimum Gasteiger partial charge on any atom is -0.480 e. The predicted molar refractivity (Wildman–Crippen MR) is 91.3 cm³/mol. The molecule has 1 fully saturated rings. The summed E-state index contributed by atoms with van der Waals surface area (Å²) in [5.74, 6) is -0.165. The zero-order valence-electron chi connectivity index (χ0n) is 13.0. The van der Waals surface area contributed by atoms with Gasteiger partial charge in [-0.1, -0.05) is 18.2 Å². The maximum atomic E-state index is 12.0. The summed E-state index contributed by atoms with van der Waals surface area (Å²) >= 11 is 1.65. The fourth-order valence-corrected chi connectivity index (χ4v) is 4.67. The van der Waals surface area contributed by atoms with E-state index >= 15 is 0 Å². The summed E-state index contributed by atoms with van der Waals surface area (Å²) < 4.78 is 26.4. The molecular formula is C15H20N2O5S2. The van der Waals surface area contributed by atoms with Gasteiger partial charge in [0.1, 0.15) is 5.54 Å². The highest BCUT2D eigenvalue weighted by Crippen LogP contribution is 2.27. The van der Waals surface area contributed by atoms with Crippen LogP contribution in [-0.2, 0) is 19.6 Å². The summed E-state index contributed by atoms with van der Waals surface area (Å²) in [5.41, 5.74) is -1.24. The average Bonchev–Trinajstić information content (AvgIpc) is 2.56. The van der Waals surface area contributed by atoms with Crippen molar-refractivity contribution in [1.82, 2.24) is 10.0 Å². The number of sulfonamides is 1. The Labute approximate surface area is 145 Å². The molecule has 132 valence electrons. The van der Waals surface area contributed by atoms with Crippen LogP contribution in [0.2, 0.25) is 0 Å². The maximum absolute atomic E-state index is 12.0. The topological polar surface area (TPSA) is 113 Å². The van der Waals surface area contributed by atoms with E-state index < -0.39 is 27.4 Å². The number of hydrogen-bond donors (Lipinski definition) is 3. The highest BCUT2D eigenvalue weighted by atomic mass is 32.2. The molecule has 1 amide bonds. The van der Waals surface area contributed by atoms with Gasteiger partial charge in [0.2, 0.25) is 15.9 Å². The van der Waals surface area contributed by atoms with Crippen LogP contribution in [-0.4, -0.2) is 49.0 Å². The molecule has 1 aliphatic rings. The molecule has 0 aromatic heterocycles. The van der Waals surface area contributed by atoms with Crippen molar-refractivity contribution in [3.8, 4) is 0 Å². The molecule has 1 aromatic carbocycles. The van der Waals surface area contributed by atoms with E-state index in [0.717, 1.165) is 0 Å². The van der Waals surface area contributed by atoms with Gasteiger partial charge in [-0.25, -0.2) is 17.9 Å². The van der Waals surface area contributed by atoms with E-state index in [4.69, 9.17) is 0 Å². The number of carboxylic acids is 1. The van der Waals surface area contributed by atoms with Crippen LogP contribution in [0.25, 0.3) is 0 Å². The first-order valence-electron chi connectivity index (χ1n) is 7.53. The van der Waals surface area contributed by atoms with Crippen LogP contribution in [0, 0.1) is 0 Å². The number of rotatable bonds is 7. The average molecular weight is 372 g/mol. The van der Waals surface area contributed by atoms with Gasteiger partial charge in [0.15, 0.2) is 0 Å². The molecule has 1 heterocycles. The van der Waals surface area contributed by atoms with Gasteiger partial charge in [-0.05, 0) is 36.5 Å². The molecule has 0 radical (unpaired) electrons. The number of benzene rings is 1. The summed E-state index contributed by atoms with van der Waals surface area (Å²) in [4.78, 5) is 23.6. The maximum Gasteiger partial charge on any atom is 0.329 e. The van der Waals surface area contributed by atoms with Crippen LogP contribution in [0.4, 0.5) is 0 Å². The zero-order valence-corrected chi connectivity index (χ0v) is 14.7. The first kappa shape index (κ1) is 18.8. The molecule has 0 saturated carbocycles. The van der Waals surface area contributed by atoms with Gasteiger partial charge < -0.3 is 10.4 Å². The van der Waals surface area contributed by atoms with Crippen LogP contribution < -0.4 is 10.0 Å². The highest BCUT2D eigenvalue weighted by Gasteiger charge is 2.41. The first-order valence-corrected chi connectivity index (χ1v) is 10.2. The third kappa shape index (κ3) is 4.71. The normalized spacial score (nSPS) is 17.2. The number of thioether (sulfide) groups is 1. The predicted octanol–water partition coefficient (Wildman–Crippen LogP) is 0.822. The Morgan fingerprint density at radius 1 is 1.17 bits per heavy atom. The lowest BCUT2D eigenvalue weighted by Gasteiger charge is -2.33. The summed E-state index contributed by atoms with van der Waals surface area (Å²) in [5, 5.41) is 12.0. The number of carboxylic acid groups (broad SMARTS) is 1. The lowest BCUT2D eigenvalue weighted by atomic mass is 9.92. The van der Waals surface area contributed by atoms with Crippen molar-refractivity contribution in [3.63, 3.8) is 0 Å². The number of nitrogens with one attached hydrogen (secondary N) is 2. The second-order valence-corrected chi connectivity index (χ2v) is 8.50. The number of carbonyl (C=O) groups is 2.